The normalized spacial score (nSPS) is 10.7. The van der Waals surface area contributed by atoms with Gasteiger partial charge in [0.15, 0.2) is 0 Å². The molecule has 0 aliphatic rings. The molecule has 5 heteroatoms. The third-order valence-corrected chi connectivity index (χ3v) is 4.24. The summed E-state index contributed by atoms with van der Waals surface area (Å²) in [5.41, 5.74) is 6.01. The lowest BCUT2D eigenvalue weighted by molar-refractivity contribution is 0.300. The summed E-state index contributed by atoms with van der Waals surface area (Å²) >= 11 is 1.44. The zero-order valence-electron chi connectivity index (χ0n) is 11.1. The second kappa shape index (κ2) is 5.54. The molecule has 0 bridgehead atoms. The van der Waals surface area contributed by atoms with E-state index in [0.29, 0.717) is 11.3 Å². The molecule has 0 unspecified atom stereocenters. The molecule has 0 atom stereocenters. The van der Waals surface area contributed by atoms with E-state index in [2.05, 4.69) is 0 Å². The Morgan fingerprint density at radius 3 is 2.76 bits per heavy atom. The molecule has 0 amide bonds. The van der Waals surface area contributed by atoms with Gasteiger partial charge in [-0.2, -0.15) is 0 Å². The van der Waals surface area contributed by atoms with E-state index in [1.165, 1.54) is 17.4 Å². The van der Waals surface area contributed by atoms with Gasteiger partial charge in [-0.1, -0.05) is 18.2 Å². The van der Waals surface area contributed by atoms with Crippen molar-refractivity contribution in [2.24, 2.45) is 5.73 Å². The van der Waals surface area contributed by atoms with E-state index in [4.69, 9.17) is 15.9 Å². The Morgan fingerprint density at radius 1 is 1.19 bits per heavy atom. The molecule has 2 aromatic carbocycles. The number of ether oxygens (including phenoxy) is 1. The second-order valence-electron chi connectivity index (χ2n) is 4.60. The Hall–Kier alpha value is -2.40. The number of fused-ring (bicyclic) bond motifs is 1. The van der Waals surface area contributed by atoms with E-state index in [1.807, 2.05) is 24.3 Å². The third kappa shape index (κ3) is 2.87. The Bertz CT molecular complexity index is 813. The van der Waals surface area contributed by atoms with Crippen molar-refractivity contribution in [3.05, 3.63) is 64.8 Å². The van der Waals surface area contributed by atoms with E-state index in [9.17, 15) is 4.39 Å². The highest BCUT2D eigenvalue weighted by atomic mass is 32.1. The van der Waals surface area contributed by atoms with Gasteiger partial charge in [0.25, 0.3) is 0 Å². The highest BCUT2D eigenvalue weighted by molar-refractivity contribution is 7.20. The first-order valence-corrected chi connectivity index (χ1v) is 7.19. The van der Waals surface area contributed by atoms with E-state index in [-0.39, 0.29) is 18.3 Å². The van der Waals surface area contributed by atoms with Gasteiger partial charge in [0.2, 0.25) is 0 Å². The van der Waals surface area contributed by atoms with E-state index in [1.54, 1.807) is 18.2 Å². The summed E-state index contributed by atoms with van der Waals surface area (Å²) in [7, 11) is 0. The maximum absolute atomic E-state index is 13.5. The lowest BCUT2D eigenvalue weighted by Gasteiger charge is -2.07. The Balaban J connectivity index is 1.81. The van der Waals surface area contributed by atoms with Crippen LogP contribution in [0.2, 0.25) is 0 Å². The predicted octanol–water partition coefficient (Wildman–Crippen LogP) is 3.90. The Labute approximate surface area is 125 Å². The van der Waals surface area contributed by atoms with Gasteiger partial charge < -0.3 is 10.5 Å². The number of thiophene rings is 1. The summed E-state index contributed by atoms with van der Waals surface area (Å²) in [5, 5.41) is 8.47. The lowest BCUT2D eigenvalue weighted by atomic mass is 10.2. The van der Waals surface area contributed by atoms with E-state index in [0.717, 1.165) is 15.0 Å². The Morgan fingerprint density at radius 2 is 2.00 bits per heavy atom. The van der Waals surface area contributed by atoms with Gasteiger partial charge in [-0.15, -0.1) is 11.3 Å². The molecular formula is C16H13FN2OS. The molecule has 3 N–H and O–H groups in total. The number of hydrogen-bond acceptors (Lipinski definition) is 3. The number of amidine groups is 1. The number of nitrogen functional groups attached to an aromatic ring is 1. The molecule has 0 spiro atoms. The van der Waals surface area contributed by atoms with Crippen LogP contribution in [0.25, 0.3) is 10.1 Å². The monoisotopic (exact) mass is 300 g/mol. The van der Waals surface area contributed by atoms with Gasteiger partial charge in [0.05, 0.1) is 4.88 Å². The molecule has 1 aromatic heterocycles. The molecule has 21 heavy (non-hydrogen) atoms. The van der Waals surface area contributed by atoms with Crippen LogP contribution >= 0.6 is 11.3 Å². The highest BCUT2D eigenvalue weighted by Crippen LogP contribution is 2.29. The van der Waals surface area contributed by atoms with Crippen LogP contribution in [0.1, 0.15) is 10.4 Å². The number of nitrogens with one attached hydrogen (secondary N) is 1. The molecule has 3 nitrogen and oxygen atoms in total. The number of nitrogens with two attached hydrogens (primary N) is 1. The largest absolute Gasteiger partial charge is 0.489 e. The number of hydrogen-bond donors (Lipinski definition) is 2. The SMILES string of the molecule is N=C(N)c1cc2ccc(OCc3ccccc3F)cc2s1. The molecule has 3 rings (SSSR count). The van der Waals surface area contributed by atoms with Gasteiger partial charge in [0.1, 0.15) is 24.0 Å². The van der Waals surface area contributed by atoms with Crippen molar-refractivity contribution < 1.29 is 9.13 Å². The third-order valence-electron chi connectivity index (χ3n) is 3.11. The summed E-state index contributed by atoms with van der Waals surface area (Å²) < 4.78 is 20.1. The van der Waals surface area contributed by atoms with E-state index >= 15 is 0 Å². The average Bonchev–Trinajstić information content (AvgIpc) is 2.90. The number of halogens is 1. The first-order chi connectivity index (χ1) is 10.1. The molecule has 0 radical (unpaired) electrons. The zero-order chi connectivity index (χ0) is 14.8. The summed E-state index contributed by atoms with van der Waals surface area (Å²) in [4.78, 5) is 0.733. The summed E-state index contributed by atoms with van der Waals surface area (Å²) in [6.07, 6.45) is 0. The predicted molar refractivity (Wildman–Crippen MR) is 83.6 cm³/mol. The van der Waals surface area contributed by atoms with Crippen LogP contribution in [0.4, 0.5) is 4.39 Å². The van der Waals surface area contributed by atoms with Gasteiger partial charge in [-0.3, -0.25) is 5.41 Å². The fourth-order valence-electron chi connectivity index (χ4n) is 2.01. The fourth-order valence-corrected chi connectivity index (χ4v) is 2.96. The van der Waals surface area contributed by atoms with E-state index < -0.39 is 0 Å². The average molecular weight is 300 g/mol. The quantitative estimate of drug-likeness (QED) is 0.567. The molecule has 0 aliphatic carbocycles. The topological polar surface area (TPSA) is 59.1 Å². The minimum absolute atomic E-state index is 0.0602. The van der Waals surface area contributed by atoms with Crippen LogP contribution in [0.3, 0.4) is 0 Å². The summed E-state index contributed by atoms with van der Waals surface area (Å²) in [6.45, 7) is 0.184. The van der Waals surface area contributed by atoms with Gasteiger partial charge >= 0.3 is 0 Å². The van der Waals surface area contributed by atoms with Crippen LogP contribution in [0.5, 0.6) is 5.75 Å². The van der Waals surface area contributed by atoms with Gasteiger partial charge in [0, 0.05) is 10.3 Å². The minimum atomic E-state index is -0.270. The van der Waals surface area contributed by atoms with Crippen LogP contribution in [0.15, 0.2) is 48.5 Å². The molecule has 1 heterocycles. The number of benzene rings is 2. The smallest absolute Gasteiger partial charge is 0.133 e. The standard InChI is InChI=1S/C16H13FN2OS/c17-13-4-2-1-3-11(13)9-20-12-6-5-10-7-15(16(18)19)21-14(10)8-12/h1-8H,9H2,(H3,18,19). The second-order valence-corrected chi connectivity index (χ2v) is 5.69. The van der Waals surface area contributed by atoms with Crippen LogP contribution in [-0.4, -0.2) is 5.84 Å². The molecule has 0 saturated carbocycles. The van der Waals surface area contributed by atoms with Crippen molar-refractivity contribution in [2.45, 2.75) is 6.61 Å². The molecular weight excluding hydrogens is 287 g/mol. The first kappa shape index (κ1) is 13.6. The minimum Gasteiger partial charge on any atom is -0.489 e. The van der Waals surface area contributed by atoms with Gasteiger partial charge in [-0.25, -0.2) is 4.39 Å². The number of rotatable bonds is 4. The van der Waals surface area contributed by atoms with Crippen molar-refractivity contribution in [2.75, 3.05) is 0 Å². The summed E-state index contributed by atoms with van der Waals surface area (Å²) in [6, 6.07) is 14.1. The van der Waals surface area contributed by atoms with Crippen molar-refractivity contribution in [1.29, 1.82) is 5.41 Å². The maximum atomic E-state index is 13.5. The molecule has 0 aliphatic heterocycles. The molecule has 3 aromatic rings. The fraction of sp³-hybridized carbons (Fsp3) is 0.0625. The summed E-state index contributed by atoms with van der Waals surface area (Å²) in [5.74, 6) is 0.460. The lowest BCUT2D eigenvalue weighted by Crippen LogP contribution is -2.08. The molecule has 0 fully saturated rings. The van der Waals surface area contributed by atoms with Crippen molar-refractivity contribution in [3.8, 4) is 5.75 Å². The molecule has 106 valence electrons. The van der Waals surface area contributed by atoms with Gasteiger partial charge in [-0.05, 0) is 35.7 Å². The first-order valence-electron chi connectivity index (χ1n) is 6.37. The van der Waals surface area contributed by atoms with Crippen LogP contribution in [-0.2, 0) is 6.61 Å². The maximum Gasteiger partial charge on any atom is 0.133 e. The molecule has 0 saturated heterocycles. The zero-order valence-corrected chi connectivity index (χ0v) is 11.9. The van der Waals surface area contributed by atoms with Crippen LogP contribution < -0.4 is 10.5 Å². The van der Waals surface area contributed by atoms with Crippen LogP contribution in [0, 0.1) is 11.2 Å². The van der Waals surface area contributed by atoms with Crippen molar-refractivity contribution in [3.63, 3.8) is 0 Å². The van der Waals surface area contributed by atoms with Crippen molar-refractivity contribution in [1.82, 2.24) is 0 Å². The Kier molecular flexibility index (Phi) is 3.58. The van der Waals surface area contributed by atoms with Crippen molar-refractivity contribution >= 4 is 27.3 Å². The highest BCUT2D eigenvalue weighted by Gasteiger charge is 2.06.